The number of ether oxygens (including phenoxy) is 2. The lowest BCUT2D eigenvalue weighted by Gasteiger charge is -2.26. The molecule has 0 unspecified atom stereocenters. The molecule has 1 amide bonds. The second-order valence-electron chi connectivity index (χ2n) is 14.3. The van der Waals surface area contributed by atoms with Crippen LogP contribution in [0.2, 0.25) is 0 Å². The molecule has 260 valence electrons. The highest BCUT2D eigenvalue weighted by Gasteiger charge is 2.26. The number of benzene rings is 2. The van der Waals surface area contributed by atoms with Crippen LogP contribution in [0.15, 0.2) is 53.5 Å². The van der Waals surface area contributed by atoms with Crippen LogP contribution in [0.1, 0.15) is 95.0 Å². The van der Waals surface area contributed by atoms with E-state index in [2.05, 4.69) is 53.2 Å². The van der Waals surface area contributed by atoms with Crippen molar-refractivity contribution in [1.29, 1.82) is 0 Å². The smallest absolute Gasteiger partial charge is 0.251 e. The molecule has 3 heterocycles. The number of nitrogens with one attached hydrogen (secondary N) is 1. The van der Waals surface area contributed by atoms with Gasteiger partial charge in [-0.3, -0.25) is 9.79 Å². The van der Waals surface area contributed by atoms with Crippen LogP contribution in [0, 0.1) is 0 Å². The topological polar surface area (TPSA) is 86.6 Å². The van der Waals surface area contributed by atoms with Crippen molar-refractivity contribution in [2.45, 2.75) is 90.1 Å². The Hall–Kier alpha value is -2.59. The third kappa shape index (κ3) is 13.4. The van der Waals surface area contributed by atoms with Crippen molar-refractivity contribution in [2.24, 2.45) is 4.99 Å². The average Bonchev–Trinajstić information content (AvgIpc) is 3.46. The molecule has 0 radical (unpaired) electrons. The molecule has 9 heteroatoms. The van der Waals surface area contributed by atoms with E-state index in [4.69, 9.17) is 14.5 Å². The van der Waals surface area contributed by atoms with E-state index in [0.29, 0.717) is 12.2 Å². The molecule has 0 spiro atoms. The van der Waals surface area contributed by atoms with Crippen molar-refractivity contribution in [3.05, 3.63) is 59.7 Å². The summed E-state index contributed by atoms with van der Waals surface area (Å²) < 4.78 is 11.6. The molecular formula is C38H58N4O4S. The predicted molar refractivity (Wildman–Crippen MR) is 195 cm³/mol. The summed E-state index contributed by atoms with van der Waals surface area (Å²) in [4.78, 5) is 21.9. The fourth-order valence-corrected chi connectivity index (χ4v) is 7.04. The zero-order chi connectivity index (χ0) is 33.5. The van der Waals surface area contributed by atoms with Gasteiger partial charge in [0.05, 0.1) is 35.9 Å². The lowest BCUT2D eigenvalue weighted by molar-refractivity contribution is 0.0869. The van der Waals surface area contributed by atoms with E-state index in [9.17, 15) is 9.90 Å². The van der Waals surface area contributed by atoms with Crippen LogP contribution >= 0.6 is 11.8 Å². The molecule has 0 aliphatic carbocycles. The fourth-order valence-electron chi connectivity index (χ4n) is 5.87. The summed E-state index contributed by atoms with van der Waals surface area (Å²) in [7, 11) is 0. The van der Waals surface area contributed by atoms with Crippen molar-refractivity contribution < 1.29 is 19.4 Å². The van der Waals surface area contributed by atoms with Gasteiger partial charge in [-0.05, 0) is 141 Å². The van der Waals surface area contributed by atoms with Crippen LogP contribution in [0.3, 0.4) is 0 Å². The van der Waals surface area contributed by atoms with E-state index < -0.39 is 5.54 Å². The van der Waals surface area contributed by atoms with Gasteiger partial charge in [-0.1, -0.05) is 12.8 Å². The van der Waals surface area contributed by atoms with Crippen LogP contribution in [0.4, 0.5) is 0 Å². The summed E-state index contributed by atoms with van der Waals surface area (Å²) in [5.41, 5.74) is 1.23. The standard InChI is InChI=1S/C19H30N2O3.C19H28N2OS/c1-19(2,15-22)20-18(23)16-7-9-17(10-8-16)24-14-6-13-21-11-4-3-5-12-21;1-19(2)15-23-18(20-19)16-7-9-17(10-8-16)22-14-6-13-21-11-4-3-5-12-21/h7-10,22H,3-6,11-15H2,1-2H3,(H,20,23);7-10H,3-6,11-15H2,1-2H3. The number of aliphatic hydroxyl groups excluding tert-OH is 1. The molecule has 2 aromatic carbocycles. The SMILES string of the molecule is CC(C)(CO)NC(=O)c1ccc(OCCCN2CCCCC2)cc1.CC1(C)CSC(c2ccc(OCCCN3CCCCC3)cc2)=N1. The van der Waals surface area contributed by atoms with Crippen LogP contribution in [-0.4, -0.2) is 102 Å². The third-order valence-corrected chi connectivity index (χ3v) is 10.2. The molecule has 3 aliphatic heterocycles. The summed E-state index contributed by atoms with van der Waals surface area (Å²) in [6.07, 6.45) is 10.3. The molecule has 0 atom stereocenters. The van der Waals surface area contributed by atoms with Gasteiger partial charge < -0.3 is 29.7 Å². The Bertz CT molecular complexity index is 1240. The molecule has 2 aromatic rings. The number of piperidine rings is 2. The quantitative estimate of drug-likeness (QED) is 0.218. The number of nitrogens with zero attached hydrogens (tertiary/aromatic N) is 3. The van der Waals surface area contributed by atoms with Crippen molar-refractivity contribution >= 4 is 22.7 Å². The van der Waals surface area contributed by atoms with Crippen LogP contribution < -0.4 is 14.8 Å². The lowest BCUT2D eigenvalue weighted by Crippen LogP contribution is -2.46. The molecule has 0 aromatic heterocycles. The van der Waals surface area contributed by atoms with Gasteiger partial charge in [-0.15, -0.1) is 11.8 Å². The minimum atomic E-state index is -0.624. The van der Waals surface area contributed by atoms with Gasteiger partial charge in [0.15, 0.2) is 0 Å². The van der Waals surface area contributed by atoms with E-state index in [0.717, 1.165) is 48.3 Å². The maximum Gasteiger partial charge on any atom is 0.251 e. The maximum absolute atomic E-state index is 12.1. The number of hydrogen-bond acceptors (Lipinski definition) is 8. The van der Waals surface area contributed by atoms with Crippen molar-refractivity contribution in [1.82, 2.24) is 15.1 Å². The van der Waals surface area contributed by atoms with Crippen molar-refractivity contribution in [2.75, 3.05) is 64.8 Å². The van der Waals surface area contributed by atoms with E-state index >= 15 is 0 Å². The number of thioether (sulfide) groups is 1. The normalized spacial score (nSPS) is 18.5. The Morgan fingerprint density at radius 3 is 1.77 bits per heavy atom. The number of aliphatic imine (C=N–C) groups is 1. The monoisotopic (exact) mass is 666 g/mol. The summed E-state index contributed by atoms with van der Waals surface area (Å²) >= 11 is 1.85. The van der Waals surface area contributed by atoms with Crippen LogP contribution in [-0.2, 0) is 0 Å². The average molecular weight is 667 g/mol. The van der Waals surface area contributed by atoms with Gasteiger partial charge in [0.25, 0.3) is 5.91 Å². The Morgan fingerprint density at radius 2 is 1.32 bits per heavy atom. The lowest BCUT2D eigenvalue weighted by atomic mass is 10.1. The number of carbonyl (C=O) groups excluding carboxylic acids is 1. The summed E-state index contributed by atoms with van der Waals surface area (Å²) in [5.74, 6) is 2.63. The number of likely N-dealkylation sites (tertiary alicyclic amines) is 2. The molecule has 8 nitrogen and oxygen atoms in total. The van der Waals surface area contributed by atoms with Gasteiger partial charge in [-0.25, -0.2) is 0 Å². The summed E-state index contributed by atoms with van der Waals surface area (Å²) in [6, 6.07) is 15.6. The fraction of sp³-hybridized carbons (Fsp3) is 0.632. The molecule has 5 rings (SSSR count). The number of amides is 1. The van der Waals surface area contributed by atoms with Gasteiger partial charge in [-0.2, -0.15) is 0 Å². The minimum absolute atomic E-state index is 0.0730. The highest BCUT2D eigenvalue weighted by atomic mass is 32.2. The first-order valence-electron chi connectivity index (χ1n) is 17.7. The van der Waals surface area contributed by atoms with Crippen LogP contribution in [0.5, 0.6) is 11.5 Å². The molecular weight excluding hydrogens is 609 g/mol. The van der Waals surface area contributed by atoms with Crippen molar-refractivity contribution in [3.63, 3.8) is 0 Å². The molecule has 0 bridgehead atoms. The minimum Gasteiger partial charge on any atom is -0.494 e. The van der Waals surface area contributed by atoms with Crippen LogP contribution in [0.25, 0.3) is 0 Å². The first-order valence-corrected chi connectivity index (χ1v) is 18.7. The Balaban J connectivity index is 0.000000213. The van der Waals surface area contributed by atoms with Gasteiger partial charge in [0.2, 0.25) is 0 Å². The van der Waals surface area contributed by atoms with E-state index in [-0.39, 0.29) is 18.1 Å². The zero-order valence-electron chi connectivity index (χ0n) is 29.3. The highest BCUT2D eigenvalue weighted by Crippen LogP contribution is 2.31. The number of carbonyl (C=O) groups is 1. The predicted octanol–water partition coefficient (Wildman–Crippen LogP) is 6.66. The second kappa shape index (κ2) is 18.8. The summed E-state index contributed by atoms with van der Waals surface area (Å²) in [6.45, 7) is 16.6. The van der Waals surface area contributed by atoms with E-state index in [1.165, 1.54) is 76.8 Å². The number of rotatable bonds is 14. The zero-order valence-corrected chi connectivity index (χ0v) is 30.1. The second-order valence-corrected chi connectivity index (χ2v) is 15.2. The largest absolute Gasteiger partial charge is 0.494 e. The van der Waals surface area contributed by atoms with Gasteiger partial charge in [0.1, 0.15) is 11.5 Å². The Kier molecular flexibility index (Phi) is 14.9. The number of hydrogen-bond donors (Lipinski definition) is 2. The van der Waals surface area contributed by atoms with Gasteiger partial charge >= 0.3 is 0 Å². The molecule has 2 N–H and O–H groups in total. The molecule has 3 aliphatic rings. The highest BCUT2D eigenvalue weighted by molar-refractivity contribution is 8.14. The Labute approximate surface area is 287 Å². The third-order valence-electron chi connectivity index (χ3n) is 8.70. The maximum atomic E-state index is 12.1. The molecule has 47 heavy (non-hydrogen) atoms. The van der Waals surface area contributed by atoms with Gasteiger partial charge in [0, 0.05) is 30.0 Å². The summed E-state index contributed by atoms with van der Waals surface area (Å²) in [5, 5.41) is 13.2. The van der Waals surface area contributed by atoms with E-state index in [1.54, 1.807) is 26.0 Å². The van der Waals surface area contributed by atoms with E-state index in [1.807, 2.05) is 23.9 Å². The molecule has 2 saturated heterocycles. The Morgan fingerprint density at radius 1 is 0.830 bits per heavy atom. The molecule has 2 fully saturated rings. The number of aliphatic hydroxyl groups is 1. The van der Waals surface area contributed by atoms with Crippen molar-refractivity contribution in [3.8, 4) is 11.5 Å². The molecule has 0 saturated carbocycles. The first-order chi connectivity index (χ1) is 22.6. The first kappa shape index (κ1) is 37.2.